The van der Waals surface area contributed by atoms with Crippen LogP contribution in [0.15, 0.2) is 11.3 Å². The van der Waals surface area contributed by atoms with Crippen molar-refractivity contribution >= 4 is 23.9 Å². The standard InChI is InChI=1S/C14H17N3O7.Na/c1-23-8(18)4-16-3-2-6-7(5-24-14(15)22)10(13(20)21)17-9(6)11(16)12(17)19;/h6,9,11H,2-5H2,1H3,(H2,15,22)(H,20,21);/q;+1/p-1/t6?,9-,11+;/m1./s1. The zero-order valence-electron chi connectivity index (χ0n) is 13.9. The number of nitrogens with zero attached hydrogens (tertiary/aromatic N) is 2. The van der Waals surface area contributed by atoms with Crippen LogP contribution in [0.4, 0.5) is 4.79 Å². The fourth-order valence-electron chi connectivity index (χ4n) is 3.81. The van der Waals surface area contributed by atoms with Gasteiger partial charge in [0, 0.05) is 12.5 Å². The second-order valence-corrected chi connectivity index (χ2v) is 5.85. The molecule has 3 aliphatic heterocycles. The van der Waals surface area contributed by atoms with E-state index in [0.717, 1.165) is 4.90 Å². The number of carbonyl (C=O) groups is 4. The van der Waals surface area contributed by atoms with Gasteiger partial charge in [-0.1, -0.05) is 0 Å². The van der Waals surface area contributed by atoms with Crippen LogP contribution in [0.2, 0.25) is 0 Å². The van der Waals surface area contributed by atoms with Gasteiger partial charge in [-0.2, -0.15) is 0 Å². The predicted octanol–water partition coefficient (Wildman–Crippen LogP) is -5.82. The Hall–Kier alpha value is -1.62. The van der Waals surface area contributed by atoms with Crippen LogP contribution in [0, 0.1) is 5.92 Å². The minimum atomic E-state index is -1.50. The third-order valence-electron chi connectivity index (χ3n) is 4.76. The van der Waals surface area contributed by atoms with Gasteiger partial charge in [0.25, 0.3) is 0 Å². The number of carboxylic acids is 1. The number of piperidine rings is 1. The Morgan fingerprint density at radius 3 is 2.60 bits per heavy atom. The van der Waals surface area contributed by atoms with E-state index < -0.39 is 36.0 Å². The number of carboxylic acid groups (broad SMARTS) is 1. The maximum absolute atomic E-state index is 12.4. The van der Waals surface area contributed by atoms with Crippen molar-refractivity contribution in [2.75, 3.05) is 26.8 Å². The van der Waals surface area contributed by atoms with Crippen molar-refractivity contribution in [2.24, 2.45) is 11.7 Å². The van der Waals surface area contributed by atoms with Gasteiger partial charge < -0.3 is 30.0 Å². The van der Waals surface area contributed by atoms with Crippen molar-refractivity contribution in [2.45, 2.75) is 18.5 Å². The van der Waals surface area contributed by atoms with Gasteiger partial charge in [0.15, 0.2) is 0 Å². The second kappa shape index (κ2) is 7.32. The summed E-state index contributed by atoms with van der Waals surface area (Å²) in [6.45, 7) is 0.0754. The Bertz CT molecular complexity index is 665. The number of methoxy groups -OCH3 is 1. The van der Waals surface area contributed by atoms with E-state index in [1.165, 1.54) is 7.11 Å². The first-order valence-electron chi connectivity index (χ1n) is 7.37. The molecule has 3 atom stereocenters. The van der Waals surface area contributed by atoms with E-state index in [2.05, 4.69) is 4.74 Å². The van der Waals surface area contributed by atoms with Crippen LogP contribution in [-0.4, -0.2) is 72.6 Å². The van der Waals surface area contributed by atoms with E-state index >= 15 is 0 Å². The zero-order valence-corrected chi connectivity index (χ0v) is 15.9. The molecule has 2 saturated heterocycles. The van der Waals surface area contributed by atoms with E-state index in [0.29, 0.717) is 18.5 Å². The summed E-state index contributed by atoms with van der Waals surface area (Å²) in [4.78, 5) is 49.0. The van der Waals surface area contributed by atoms with Crippen LogP contribution < -0.4 is 40.4 Å². The van der Waals surface area contributed by atoms with Crippen LogP contribution in [0.1, 0.15) is 6.42 Å². The first-order valence-corrected chi connectivity index (χ1v) is 7.37. The third kappa shape index (κ3) is 3.14. The minimum Gasteiger partial charge on any atom is -0.543 e. The maximum Gasteiger partial charge on any atom is 1.00 e. The third-order valence-corrected chi connectivity index (χ3v) is 4.76. The van der Waals surface area contributed by atoms with E-state index in [1.807, 2.05) is 0 Å². The van der Waals surface area contributed by atoms with Gasteiger partial charge in [-0.3, -0.25) is 14.5 Å². The summed E-state index contributed by atoms with van der Waals surface area (Å²) in [5.41, 5.74) is 5.01. The predicted molar refractivity (Wildman–Crippen MR) is 73.7 cm³/mol. The molecule has 3 rings (SSSR count). The largest absolute Gasteiger partial charge is 1.00 e. The summed E-state index contributed by atoms with van der Waals surface area (Å²) < 4.78 is 9.35. The van der Waals surface area contributed by atoms with Gasteiger partial charge in [-0.05, 0) is 12.0 Å². The Morgan fingerprint density at radius 1 is 1.36 bits per heavy atom. The molecule has 10 nitrogen and oxygen atoms in total. The number of nitrogens with two attached hydrogens (primary N) is 1. The summed E-state index contributed by atoms with van der Waals surface area (Å²) in [5.74, 6) is -2.66. The van der Waals surface area contributed by atoms with Crippen molar-refractivity contribution in [3.8, 4) is 0 Å². The van der Waals surface area contributed by atoms with Gasteiger partial charge in [0.1, 0.15) is 12.6 Å². The molecule has 2 fully saturated rings. The Labute approximate surface area is 165 Å². The molecule has 0 aromatic carbocycles. The van der Waals surface area contributed by atoms with E-state index in [4.69, 9.17) is 10.5 Å². The number of primary amides is 1. The van der Waals surface area contributed by atoms with Gasteiger partial charge >= 0.3 is 41.6 Å². The number of aliphatic carboxylic acids is 1. The average Bonchev–Trinajstić information content (AvgIpc) is 2.84. The average molecular weight is 361 g/mol. The van der Waals surface area contributed by atoms with Gasteiger partial charge in [-0.25, -0.2) is 4.79 Å². The number of esters is 1. The molecule has 2 N–H and O–H groups in total. The van der Waals surface area contributed by atoms with Crippen LogP contribution in [0.3, 0.4) is 0 Å². The van der Waals surface area contributed by atoms with Gasteiger partial charge in [0.05, 0.1) is 31.4 Å². The molecule has 0 saturated carbocycles. The number of hydrogen-bond acceptors (Lipinski definition) is 8. The number of rotatable bonds is 5. The minimum absolute atomic E-state index is 0. The molecular formula is C14H16N3NaO7. The molecule has 11 heteroatoms. The van der Waals surface area contributed by atoms with Crippen molar-refractivity contribution < 1.29 is 63.3 Å². The number of β-lactam (4-membered cyclic amide) rings is 1. The normalized spacial score (nSPS) is 27.2. The number of amides is 2. The summed E-state index contributed by atoms with van der Waals surface area (Å²) in [6, 6.07) is -1.00. The van der Waals surface area contributed by atoms with Crippen LogP contribution >= 0.6 is 0 Å². The first-order chi connectivity index (χ1) is 11.4. The molecule has 0 aromatic rings. The van der Waals surface area contributed by atoms with Gasteiger partial charge in [0.2, 0.25) is 5.91 Å². The maximum atomic E-state index is 12.4. The molecule has 1 unspecified atom stereocenters. The Balaban J connectivity index is 0.00000225. The molecule has 3 heterocycles. The van der Waals surface area contributed by atoms with E-state index in [-0.39, 0.29) is 54.3 Å². The fraction of sp³-hybridized carbons (Fsp3) is 0.571. The zero-order chi connectivity index (χ0) is 17.6. The molecule has 0 radical (unpaired) electrons. The van der Waals surface area contributed by atoms with Crippen molar-refractivity contribution in [3.05, 3.63) is 11.3 Å². The van der Waals surface area contributed by atoms with Crippen molar-refractivity contribution in [1.82, 2.24) is 9.80 Å². The monoisotopic (exact) mass is 361 g/mol. The van der Waals surface area contributed by atoms with Crippen molar-refractivity contribution in [3.63, 3.8) is 0 Å². The number of ether oxygens (including phenoxy) is 2. The quantitative estimate of drug-likeness (QED) is 0.290. The number of carbonyl (C=O) groups excluding carboxylic acids is 4. The molecule has 0 aliphatic carbocycles. The van der Waals surface area contributed by atoms with Crippen LogP contribution in [0.25, 0.3) is 0 Å². The summed E-state index contributed by atoms with van der Waals surface area (Å²) in [7, 11) is 1.26. The Kier molecular flexibility index (Phi) is 5.77. The second-order valence-electron chi connectivity index (χ2n) is 5.85. The molecule has 25 heavy (non-hydrogen) atoms. The molecule has 3 aliphatic rings. The van der Waals surface area contributed by atoms with Crippen LogP contribution in [-0.2, 0) is 23.9 Å². The fourth-order valence-corrected chi connectivity index (χ4v) is 3.81. The molecule has 130 valence electrons. The number of hydrogen-bond donors (Lipinski definition) is 1. The van der Waals surface area contributed by atoms with Crippen molar-refractivity contribution in [1.29, 1.82) is 0 Å². The SMILES string of the molecule is COC(=O)CN1CCC2C(COC(N)=O)=C(C(=O)[O-])N3C(=O)[C@@H]1[C@@H]23.[Na+]. The summed E-state index contributed by atoms with van der Waals surface area (Å²) >= 11 is 0. The topological polar surface area (TPSA) is 142 Å². The molecule has 0 spiro atoms. The summed E-state index contributed by atoms with van der Waals surface area (Å²) in [5, 5.41) is 11.5. The number of likely N-dealkylation sites (tertiary alicyclic amines) is 1. The smallest absolute Gasteiger partial charge is 0.543 e. The first kappa shape index (κ1) is 19.7. The van der Waals surface area contributed by atoms with E-state index in [1.54, 1.807) is 4.90 Å². The molecule has 0 aromatic heterocycles. The molecule has 2 amide bonds. The summed E-state index contributed by atoms with van der Waals surface area (Å²) in [6.07, 6.45) is -0.517. The van der Waals surface area contributed by atoms with E-state index in [9.17, 15) is 24.3 Å². The molecular weight excluding hydrogens is 345 g/mol. The molecule has 0 bridgehead atoms. The van der Waals surface area contributed by atoms with Crippen LogP contribution in [0.5, 0.6) is 0 Å². The van der Waals surface area contributed by atoms with Gasteiger partial charge in [-0.15, -0.1) is 0 Å². The Morgan fingerprint density at radius 2 is 2.04 bits per heavy atom.